The molecule has 1 heterocycles. The van der Waals surface area contributed by atoms with Gasteiger partial charge in [-0.3, -0.25) is 9.78 Å². The monoisotopic (exact) mass is 371 g/mol. The number of phenolic OH excluding ortho intramolecular Hbond substituents is 1. The van der Waals surface area contributed by atoms with Crippen molar-refractivity contribution in [3.8, 4) is 23.0 Å². The summed E-state index contributed by atoms with van der Waals surface area (Å²) in [4.78, 5) is 21.8. The molecule has 3 rings (SSSR count). The number of aromatic amines is 1. The van der Waals surface area contributed by atoms with E-state index in [4.69, 9.17) is 14.2 Å². The Morgan fingerprint density at radius 1 is 1.11 bits per heavy atom. The van der Waals surface area contributed by atoms with Crippen LogP contribution >= 0.6 is 0 Å². The van der Waals surface area contributed by atoms with Crippen LogP contribution in [-0.4, -0.2) is 43.5 Å². The second kappa shape index (κ2) is 7.45. The lowest BCUT2D eigenvalue weighted by Gasteiger charge is -2.19. The third-order valence-electron chi connectivity index (χ3n) is 4.18. The molecule has 0 amide bonds. The van der Waals surface area contributed by atoms with E-state index in [2.05, 4.69) is 9.97 Å². The van der Waals surface area contributed by atoms with E-state index in [1.54, 1.807) is 36.2 Å². The highest BCUT2D eigenvalue weighted by Gasteiger charge is 2.20. The number of hydrogen-bond acceptors (Lipinski definition) is 7. The van der Waals surface area contributed by atoms with Gasteiger partial charge in [-0.2, -0.15) is 0 Å². The van der Waals surface area contributed by atoms with Crippen LogP contribution in [0.4, 0.5) is 5.95 Å². The quantitative estimate of drug-likeness (QED) is 0.686. The topological polar surface area (TPSA) is 96.9 Å². The van der Waals surface area contributed by atoms with E-state index < -0.39 is 0 Å². The Balaban J connectivity index is 2.09. The van der Waals surface area contributed by atoms with Gasteiger partial charge in [0.15, 0.2) is 11.5 Å². The Hall–Kier alpha value is -3.42. The van der Waals surface area contributed by atoms with Crippen LogP contribution in [0.25, 0.3) is 10.9 Å². The van der Waals surface area contributed by atoms with Crippen LogP contribution in [0.15, 0.2) is 35.1 Å². The van der Waals surface area contributed by atoms with E-state index in [9.17, 15) is 9.90 Å². The number of anilines is 1. The molecule has 3 aromatic rings. The number of H-pyrrole nitrogens is 1. The van der Waals surface area contributed by atoms with Crippen LogP contribution < -0.4 is 24.7 Å². The minimum Gasteiger partial charge on any atom is -0.508 e. The Labute approximate surface area is 155 Å². The Kier molecular flexibility index (Phi) is 5.07. The summed E-state index contributed by atoms with van der Waals surface area (Å²) < 4.78 is 16.0. The molecular weight excluding hydrogens is 350 g/mol. The summed E-state index contributed by atoms with van der Waals surface area (Å²) in [6.07, 6.45) is 0. The highest BCUT2D eigenvalue weighted by Crippen LogP contribution is 2.41. The smallest absolute Gasteiger partial charge is 0.264 e. The molecule has 0 saturated heterocycles. The van der Waals surface area contributed by atoms with Gasteiger partial charge in [0.1, 0.15) is 11.1 Å². The van der Waals surface area contributed by atoms with Gasteiger partial charge in [-0.25, -0.2) is 4.98 Å². The van der Waals surface area contributed by atoms with Crippen molar-refractivity contribution in [3.63, 3.8) is 0 Å². The fraction of sp³-hybridized carbons (Fsp3) is 0.263. The first-order chi connectivity index (χ1) is 13.0. The molecule has 2 aromatic carbocycles. The summed E-state index contributed by atoms with van der Waals surface area (Å²) >= 11 is 0. The van der Waals surface area contributed by atoms with Crippen molar-refractivity contribution in [1.82, 2.24) is 9.97 Å². The fourth-order valence-corrected chi connectivity index (χ4v) is 2.94. The standard InChI is InChI=1S/C19H21N3O5/c1-22(10-11-6-5-7-12(23)8-11)19-20-13-9-14(25-2)16(26-3)17(27-4)15(13)18(24)21-19/h5-9,23H,10H2,1-4H3,(H,20,21,24). The van der Waals surface area contributed by atoms with E-state index >= 15 is 0 Å². The largest absolute Gasteiger partial charge is 0.508 e. The molecule has 0 radical (unpaired) electrons. The molecule has 0 saturated carbocycles. The number of nitrogens with zero attached hydrogens (tertiary/aromatic N) is 2. The van der Waals surface area contributed by atoms with Crippen molar-refractivity contribution in [3.05, 3.63) is 46.2 Å². The van der Waals surface area contributed by atoms with Gasteiger partial charge in [0, 0.05) is 19.7 Å². The summed E-state index contributed by atoms with van der Waals surface area (Å²) in [7, 11) is 6.24. The summed E-state index contributed by atoms with van der Waals surface area (Å²) in [5.74, 6) is 1.58. The molecule has 0 atom stereocenters. The molecular formula is C19H21N3O5. The zero-order valence-electron chi connectivity index (χ0n) is 15.6. The zero-order chi connectivity index (χ0) is 19.6. The Morgan fingerprint density at radius 2 is 1.85 bits per heavy atom. The van der Waals surface area contributed by atoms with Crippen LogP contribution in [-0.2, 0) is 6.54 Å². The third-order valence-corrected chi connectivity index (χ3v) is 4.18. The molecule has 0 fully saturated rings. The number of benzene rings is 2. The van der Waals surface area contributed by atoms with E-state index in [0.29, 0.717) is 29.5 Å². The number of nitrogens with one attached hydrogen (secondary N) is 1. The van der Waals surface area contributed by atoms with E-state index in [1.807, 2.05) is 6.07 Å². The van der Waals surface area contributed by atoms with Gasteiger partial charge in [-0.1, -0.05) is 12.1 Å². The summed E-state index contributed by atoms with van der Waals surface area (Å²) in [5.41, 5.74) is 0.951. The number of methoxy groups -OCH3 is 3. The highest BCUT2D eigenvalue weighted by atomic mass is 16.5. The number of hydrogen-bond donors (Lipinski definition) is 2. The molecule has 27 heavy (non-hydrogen) atoms. The van der Waals surface area contributed by atoms with Crippen LogP contribution in [0.2, 0.25) is 0 Å². The predicted octanol–water partition coefficient (Wildman–Crippen LogP) is 2.29. The molecule has 0 aliphatic heterocycles. The Morgan fingerprint density at radius 3 is 2.48 bits per heavy atom. The van der Waals surface area contributed by atoms with Crippen LogP contribution in [0.1, 0.15) is 5.56 Å². The van der Waals surface area contributed by atoms with E-state index in [1.165, 1.54) is 21.3 Å². The molecule has 8 nitrogen and oxygen atoms in total. The SMILES string of the molecule is COc1cc2nc(N(C)Cc3cccc(O)c3)[nH]c(=O)c2c(OC)c1OC. The van der Waals surface area contributed by atoms with Crippen molar-refractivity contribution >= 4 is 16.9 Å². The molecule has 8 heteroatoms. The molecule has 0 aliphatic carbocycles. The van der Waals surface area contributed by atoms with Gasteiger partial charge < -0.3 is 24.2 Å². The Bertz CT molecular complexity index is 1030. The maximum atomic E-state index is 12.7. The number of phenols is 1. The summed E-state index contributed by atoms with van der Waals surface area (Å²) in [6, 6.07) is 8.54. The predicted molar refractivity (Wildman–Crippen MR) is 102 cm³/mol. The second-order valence-electron chi connectivity index (χ2n) is 5.95. The van der Waals surface area contributed by atoms with Crippen molar-refractivity contribution in [1.29, 1.82) is 0 Å². The van der Waals surface area contributed by atoms with Crippen LogP contribution in [0, 0.1) is 0 Å². The summed E-state index contributed by atoms with van der Waals surface area (Å²) in [5, 5.41) is 9.90. The normalized spacial score (nSPS) is 10.7. The highest BCUT2D eigenvalue weighted by molar-refractivity contribution is 5.90. The maximum Gasteiger partial charge on any atom is 0.264 e. The van der Waals surface area contributed by atoms with Crippen molar-refractivity contribution in [2.75, 3.05) is 33.3 Å². The first-order valence-electron chi connectivity index (χ1n) is 8.20. The number of aromatic hydroxyl groups is 1. The van der Waals surface area contributed by atoms with Gasteiger partial charge in [0.2, 0.25) is 11.7 Å². The molecule has 142 valence electrons. The van der Waals surface area contributed by atoms with Gasteiger partial charge >= 0.3 is 0 Å². The average Bonchev–Trinajstić information content (AvgIpc) is 2.66. The fourth-order valence-electron chi connectivity index (χ4n) is 2.94. The lowest BCUT2D eigenvalue weighted by atomic mass is 10.2. The number of aromatic nitrogens is 2. The van der Waals surface area contributed by atoms with Crippen molar-refractivity contribution in [2.24, 2.45) is 0 Å². The van der Waals surface area contributed by atoms with Crippen LogP contribution in [0.5, 0.6) is 23.0 Å². The van der Waals surface area contributed by atoms with Gasteiger partial charge in [0.25, 0.3) is 5.56 Å². The molecule has 0 unspecified atom stereocenters. The van der Waals surface area contributed by atoms with Gasteiger partial charge in [-0.15, -0.1) is 0 Å². The molecule has 0 spiro atoms. The van der Waals surface area contributed by atoms with E-state index in [-0.39, 0.29) is 22.4 Å². The van der Waals surface area contributed by atoms with Gasteiger partial charge in [0.05, 0.1) is 26.8 Å². The maximum absolute atomic E-state index is 12.7. The number of ether oxygens (including phenoxy) is 3. The molecule has 0 aliphatic rings. The average molecular weight is 371 g/mol. The van der Waals surface area contributed by atoms with Crippen molar-refractivity contribution in [2.45, 2.75) is 6.54 Å². The number of fused-ring (bicyclic) bond motifs is 1. The lowest BCUT2D eigenvalue weighted by molar-refractivity contribution is 0.327. The zero-order valence-corrected chi connectivity index (χ0v) is 15.6. The van der Waals surface area contributed by atoms with Crippen molar-refractivity contribution < 1.29 is 19.3 Å². The minimum absolute atomic E-state index is 0.183. The first-order valence-corrected chi connectivity index (χ1v) is 8.20. The summed E-state index contributed by atoms with van der Waals surface area (Å²) in [6.45, 7) is 0.452. The van der Waals surface area contributed by atoms with E-state index in [0.717, 1.165) is 5.56 Å². The minimum atomic E-state index is -0.351. The first kappa shape index (κ1) is 18.4. The van der Waals surface area contributed by atoms with Crippen LogP contribution in [0.3, 0.4) is 0 Å². The van der Waals surface area contributed by atoms with Gasteiger partial charge in [-0.05, 0) is 17.7 Å². The third kappa shape index (κ3) is 3.46. The molecule has 0 bridgehead atoms. The second-order valence-corrected chi connectivity index (χ2v) is 5.95. The molecule has 1 aromatic heterocycles. The molecule has 2 N–H and O–H groups in total. The number of rotatable bonds is 6. The lowest BCUT2D eigenvalue weighted by Crippen LogP contribution is -2.23.